The van der Waals surface area contributed by atoms with Crippen LogP contribution >= 0.6 is 0 Å². The summed E-state index contributed by atoms with van der Waals surface area (Å²) in [6.07, 6.45) is 0.361. The summed E-state index contributed by atoms with van der Waals surface area (Å²) in [6, 6.07) is 14.0. The van der Waals surface area contributed by atoms with E-state index in [1.54, 1.807) is 13.1 Å². The number of hydrogen-bond donors (Lipinski definition) is 1. The third-order valence-electron chi connectivity index (χ3n) is 2.76. The van der Waals surface area contributed by atoms with E-state index >= 15 is 0 Å². The Morgan fingerprint density at radius 3 is 2.44 bits per heavy atom. The lowest BCUT2D eigenvalue weighted by Crippen LogP contribution is -2.19. The molecule has 0 heterocycles. The van der Waals surface area contributed by atoms with Crippen LogP contribution in [0.15, 0.2) is 48.5 Å². The number of carbonyl (C=O) groups excluding carboxylic acids is 1. The molecule has 0 atom stereocenters. The van der Waals surface area contributed by atoms with Gasteiger partial charge in [0, 0.05) is 7.05 Å². The van der Waals surface area contributed by atoms with Gasteiger partial charge < -0.3 is 5.32 Å². The molecular weight excluding hydrogens is 229 g/mol. The van der Waals surface area contributed by atoms with Crippen LogP contribution in [-0.2, 0) is 11.2 Å². The first kappa shape index (κ1) is 12.3. The fraction of sp³-hybridized carbons (Fsp3) is 0.133. The van der Waals surface area contributed by atoms with Crippen molar-refractivity contribution in [2.24, 2.45) is 0 Å². The highest BCUT2D eigenvalue weighted by molar-refractivity contribution is 5.78. The fourth-order valence-electron chi connectivity index (χ4n) is 1.76. The molecule has 2 aromatic carbocycles. The molecule has 2 aromatic rings. The van der Waals surface area contributed by atoms with Crippen LogP contribution in [0.25, 0.3) is 11.1 Å². The van der Waals surface area contributed by atoms with Gasteiger partial charge >= 0.3 is 0 Å². The van der Waals surface area contributed by atoms with Crippen LogP contribution in [0.4, 0.5) is 4.39 Å². The Hall–Kier alpha value is -2.16. The number of amides is 1. The van der Waals surface area contributed by atoms with Crippen LogP contribution in [0, 0.1) is 5.82 Å². The molecule has 0 unspecified atom stereocenters. The van der Waals surface area contributed by atoms with Gasteiger partial charge in [-0.3, -0.25) is 4.79 Å². The summed E-state index contributed by atoms with van der Waals surface area (Å²) in [4.78, 5) is 11.2. The van der Waals surface area contributed by atoms with Gasteiger partial charge in [-0.25, -0.2) is 4.39 Å². The van der Waals surface area contributed by atoms with Crippen molar-refractivity contribution < 1.29 is 9.18 Å². The zero-order valence-electron chi connectivity index (χ0n) is 10.1. The zero-order chi connectivity index (χ0) is 13.0. The zero-order valence-corrected chi connectivity index (χ0v) is 10.1. The van der Waals surface area contributed by atoms with Crippen LogP contribution in [-0.4, -0.2) is 13.0 Å². The lowest BCUT2D eigenvalue weighted by Gasteiger charge is -2.04. The maximum atomic E-state index is 13.1. The van der Waals surface area contributed by atoms with Gasteiger partial charge in [-0.2, -0.15) is 0 Å². The molecule has 0 saturated heterocycles. The minimum absolute atomic E-state index is 0.0199. The van der Waals surface area contributed by atoms with Crippen LogP contribution < -0.4 is 5.32 Å². The lowest BCUT2D eigenvalue weighted by atomic mass is 10.0. The van der Waals surface area contributed by atoms with Crippen LogP contribution in [0.1, 0.15) is 5.56 Å². The minimum atomic E-state index is -0.248. The molecule has 0 fully saturated rings. The van der Waals surface area contributed by atoms with Crippen molar-refractivity contribution in [1.29, 1.82) is 0 Å². The van der Waals surface area contributed by atoms with Gasteiger partial charge in [0.15, 0.2) is 0 Å². The monoisotopic (exact) mass is 243 g/mol. The SMILES string of the molecule is CNC(=O)Cc1ccc(-c2cccc(F)c2)cc1. The van der Waals surface area contributed by atoms with E-state index in [-0.39, 0.29) is 11.7 Å². The highest BCUT2D eigenvalue weighted by Crippen LogP contribution is 2.20. The first-order chi connectivity index (χ1) is 8.69. The Kier molecular flexibility index (Phi) is 3.72. The quantitative estimate of drug-likeness (QED) is 0.882. The molecule has 0 aliphatic carbocycles. The van der Waals surface area contributed by atoms with Crippen molar-refractivity contribution in [2.75, 3.05) is 7.05 Å². The molecule has 18 heavy (non-hydrogen) atoms. The Morgan fingerprint density at radius 2 is 1.83 bits per heavy atom. The lowest BCUT2D eigenvalue weighted by molar-refractivity contribution is -0.119. The third kappa shape index (κ3) is 2.94. The molecule has 92 valence electrons. The summed E-state index contributed by atoms with van der Waals surface area (Å²) in [5, 5.41) is 2.58. The van der Waals surface area contributed by atoms with Gasteiger partial charge in [-0.15, -0.1) is 0 Å². The van der Waals surface area contributed by atoms with Crippen molar-refractivity contribution in [3.63, 3.8) is 0 Å². The molecule has 0 aliphatic rings. The van der Waals surface area contributed by atoms with Gasteiger partial charge in [0.25, 0.3) is 0 Å². The maximum absolute atomic E-state index is 13.1. The molecule has 0 bridgehead atoms. The van der Waals surface area contributed by atoms with Crippen molar-refractivity contribution in [3.05, 3.63) is 59.9 Å². The summed E-state index contributed by atoms with van der Waals surface area (Å²) in [6.45, 7) is 0. The summed E-state index contributed by atoms with van der Waals surface area (Å²) in [5.74, 6) is -0.268. The molecule has 2 nitrogen and oxygen atoms in total. The first-order valence-electron chi connectivity index (χ1n) is 5.74. The molecule has 1 N–H and O–H groups in total. The summed E-state index contributed by atoms with van der Waals surface area (Å²) in [5.41, 5.74) is 2.71. The van der Waals surface area contributed by atoms with Crippen molar-refractivity contribution >= 4 is 5.91 Å². The number of nitrogens with one attached hydrogen (secondary N) is 1. The van der Waals surface area contributed by atoms with E-state index in [1.807, 2.05) is 30.3 Å². The van der Waals surface area contributed by atoms with Gasteiger partial charge in [0.2, 0.25) is 5.91 Å². The molecule has 0 radical (unpaired) electrons. The van der Waals surface area contributed by atoms with Crippen molar-refractivity contribution in [2.45, 2.75) is 6.42 Å². The Morgan fingerprint density at radius 1 is 1.11 bits per heavy atom. The summed E-state index contributed by atoms with van der Waals surface area (Å²) in [7, 11) is 1.61. The highest BCUT2D eigenvalue weighted by atomic mass is 19.1. The highest BCUT2D eigenvalue weighted by Gasteiger charge is 2.02. The van der Waals surface area contributed by atoms with E-state index in [9.17, 15) is 9.18 Å². The van der Waals surface area contributed by atoms with E-state index < -0.39 is 0 Å². The van der Waals surface area contributed by atoms with Crippen LogP contribution in [0.3, 0.4) is 0 Å². The topological polar surface area (TPSA) is 29.1 Å². The van der Waals surface area contributed by atoms with Crippen molar-refractivity contribution in [1.82, 2.24) is 5.32 Å². The fourth-order valence-corrected chi connectivity index (χ4v) is 1.76. The molecule has 0 aromatic heterocycles. The number of rotatable bonds is 3. The predicted octanol–water partition coefficient (Wildman–Crippen LogP) is 2.78. The van der Waals surface area contributed by atoms with E-state index in [4.69, 9.17) is 0 Å². The van der Waals surface area contributed by atoms with E-state index in [2.05, 4.69) is 5.32 Å². The second kappa shape index (κ2) is 5.45. The standard InChI is InChI=1S/C15H14FNO/c1-17-15(18)9-11-5-7-12(8-6-11)13-3-2-4-14(16)10-13/h2-8,10H,9H2,1H3,(H,17,18). The average molecular weight is 243 g/mol. The van der Waals surface area contributed by atoms with E-state index in [0.29, 0.717) is 6.42 Å². The summed E-state index contributed by atoms with van der Waals surface area (Å²) < 4.78 is 13.1. The number of halogens is 1. The molecule has 0 spiro atoms. The largest absolute Gasteiger partial charge is 0.359 e. The molecule has 0 aliphatic heterocycles. The van der Waals surface area contributed by atoms with Crippen LogP contribution in [0.2, 0.25) is 0 Å². The Bertz CT molecular complexity index is 549. The normalized spacial score (nSPS) is 10.1. The maximum Gasteiger partial charge on any atom is 0.224 e. The van der Waals surface area contributed by atoms with Gasteiger partial charge in [-0.1, -0.05) is 36.4 Å². The molecule has 3 heteroatoms. The Balaban J connectivity index is 2.19. The van der Waals surface area contributed by atoms with Gasteiger partial charge in [-0.05, 0) is 28.8 Å². The number of benzene rings is 2. The second-order valence-corrected chi connectivity index (χ2v) is 4.06. The first-order valence-corrected chi connectivity index (χ1v) is 5.74. The van der Waals surface area contributed by atoms with Gasteiger partial charge in [0.1, 0.15) is 5.82 Å². The molecule has 2 rings (SSSR count). The van der Waals surface area contributed by atoms with E-state index in [1.165, 1.54) is 12.1 Å². The molecular formula is C15H14FNO. The number of likely N-dealkylation sites (N-methyl/N-ethyl adjacent to an activating group) is 1. The Labute approximate surface area is 105 Å². The third-order valence-corrected chi connectivity index (χ3v) is 2.76. The molecule has 0 saturated carbocycles. The smallest absolute Gasteiger partial charge is 0.224 e. The average Bonchev–Trinajstić information content (AvgIpc) is 2.39. The molecule has 1 amide bonds. The predicted molar refractivity (Wildman–Crippen MR) is 69.6 cm³/mol. The van der Waals surface area contributed by atoms with Gasteiger partial charge in [0.05, 0.1) is 6.42 Å². The minimum Gasteiger partial charge on any atom is -0.359 e. The summed E-state index contributed by atoms with van der Waals surface area (Å²) >= 11 is 0. The number of hydrogen-bond acceptors (Lipinski definition) is 1. The number of carbonyl (C=O) groups is 1. The second-order valence-electron chi connectivity index (χ2n) is 4.06. The van der Waals surface area contributed by atoms with Crippen molar-refractivity contribution in [3.8, 4) is 11.1 Å². The van der Waals surface area contributed by atoms with Crippen LogP contribution in [0.5, 0.6) is 0 Å². The van der Waals surface area contributed by atoms with E-state index in [0.717, 1.165) is 16.7 Å².